The van der Waals surface area contributed by atoms with Gasteiger partial charge in [0.15, 0.2) is 0 Å². The number of ether oxygens (including phenoxy) is 1. The van der Waals surface area contributed by atoms with E-state index in [0.29, 0.717) is 6.42 Å². The van der Waals surface area contributed by atoms with E-state index in [-0.39, 0.29) is 6.42 Å². The average Bonchev–Trinajstić information content (AvgIpc) is 2.63. The van der Waals surface area contributed by atoms with Crippen LogP contribution >= 0.6 is 0 Å². The molecule has 26 heavy (non-hydrogen) atoms. The van der Waals surface area contributed by atoms with Crippen LogP contribution in [0, 0.1) is 0 Å². The van der Waals surface area contributed by atoms with Crippen LogP contribution < -0.4 is 5.73 Å². The molecule has 0 spiro atoms. The molecule has 1 atom stereocenters. The molecule has 5 heteroatoms. The lowest BCUT2D eigenvalue weighted by molar-refractivity contribution is -0.163. The van der Waals surface area contributed by atoms with Crippen molar-refractivity contribution in [3.63, 3.8) is 0 Å². The van der Waals surface area contributed by atoms with Crippen molar-refractivity contribution in [1.82, 2.24) is 0 Å². The van der Waals surface area contributed by atoms with Crippen molar-refractivity contribution >= 4 is 11.9 Å². The molecule has 146 valence electrons. The van der Waals surface area contributed by atoms with Gasteiger partial charge in [0.1, 0.15) is 5.54 Å². The second-order valence-electron chi connectivity index (χ2n) is 7.03. The van der Waals surface area contributed by atoms with Crippen molar-refractivity contribution in [1.29, 1.82) is 0 Å². The molecule has 0 radical (unpaired) electrons. The van der Waals surface area contributed by atoms with Crippen molar-refractivity contribution in [2.45, 2.75) is 77.2 Å². The van der Waals surface area contributed by atoms with Crippen molar-refractivity contribution in [2.75, 3.05) is 6.61 Å². The van der Waals surface area contributed by atoms with Gasteiger partial charge in [-0.15, -0.1) is 0 Å². The SMILES string of the molecule is CCCCCCCCc1ccc(CCC(N)(CO)C(=O)OC(C)=O)cc1. The number of aliphatic hydroxyl groups is 1. The average molecular weight is 363 g/mol. The van der Waals surface area contributed by atoms with Gasteiger partial charge < -0.3 is 15.6 Å². The van der Waals surface area contributed by atoms with Gasteiger partial charge in [-0.3, -0.25) is 4.79 Å². The van der Waals surface area contributed by atoms with E-state index >= 15 is 0 Å². The zero-order valence-electron chi connectivity index (χ0n) is 16.1. The topological polar surface area (TPSA) is 89.6 Å². The van der Waals surface area contributed by atoms with Gasteiger partial charge in [-0.25, -0.2) is 4.79 Å². The van der Waals surface area contributed by atoms with E-state index in [0.717, 1.165) is 18.9 Å². The predicted molar refractivity (Wildman–Crippen MR) is 103 cm³/mol. The number of esters is 2. The Balaban J connectivity index is 2.43. The highest BCUT2D eigenvalue weighted by Gasteiger charge is 2.35. The van der Waals surface area contributed by atoms with E-state index in [1.54, 1.807) is 0 Å². The smallest absolute Gasteiger partial charge is 0.336 e. The molecule has 0 bridgehead atoms. The Kier molecular flexibility index (Phi) is 10.1. The number of unbranched alkanes of at least 4 members (excludes halogenated alkanes) is 5. The number of rotatable bonds is 12. The molecule has 3 N–H and O–H groups in total. The highest BCUT2D eigenvalue weighted by atomic mass is 16.6. The van der Waals surface area contributed by atoms with Crippen molar-refractivity contribution in [2.24, 2.45) is 5.73 Å². The number of aryl methyl sites for hydroxylation is 2. The van der Waals surface area contributed by atoms with Crippen LogP contribution in [0.2, 0.25) is 0 Å². The summed E-state index contributed by atoms with van der Waals surface area (Å²) in [5.74, 6) is -1.61. The maximum Gasteiger partial charge on any atom is 0.336 e. The summed E-state index contributed by atoms with van der Waals surface area (Å²) in [6, 6.07) is 8.26. The monoisotopic (exact) mass is 363 g/mol. The van der Waals surface area contributed by atoms with Crippen LogP contribution in [0.15, 0.2) is 24.3 Å². The number of hydrogen-bond donors (Lipinski definition) is 2. The summed E-state index contributed by atoms with van der Waals surface area (Å²) in [6.07, 6.45) is 9.53. The van der Waals surface area contributed by atoms with Gasteiger partial charge in [-0.05, 0) is 36.8 Å². The molecule has 1 aromatic carbocycles. The Morgan fingerprint density at radius 3 is 2.08 bits per heavy atom. The summed E-state index contributed by atoms with van der Waals surface area (Å²) in [5, 5.41) is 9.43. The quantitative estimate of drug-likeness (QED) is 0.338. The minimum Gasteiger partial charge on any atom is -0.394 e. The Hall–Kier alpha value is -1.72. The lowest BCUT2D eigenvalue weighted by Gasteiger charge is -2.24. The van der Waals surface area contributed by atoms with Crippen LogP contribution in [0.1, 0.15) is 69.9 Å². The Morgan fingerprint density at radius 1 is 1.00 bits per heavy atom. The molecule has 1 unspecified atom stereocenters. The van der Waals surface area contributed by atoms with E-state index in [1.807, 2.05) is 12.1 Å². The number of benzene rings is 1. The largest absolute Gasteiger partial charge is 0.394 e. The molecule has 1 rings (SSSR count). The first-order valence-corrected chi connectivity index (χ1v) is 9.61. The first-order chi connectivity index (χ1) is 12.4. The third-order valence-corrected chi connectivity index (χ3v) is 4.63. The third kappa shape index (κ3) is 8.11. The van der Waals surface area contributed by atoms with Gasteiger partial charge in [0.2, 0.25) is 0 Å². The van der Waals surface area contributed by atoms with Crippen LogP contribution in [0.5, 0.6) is 0 Å². The van der Waals surface area contributed by atoms with Crippen LogP contribution in [0.3, 0.4) is 0 Å². The normalized spacial score (nSPS) is 13.2. The molecular formula is C21H33NO4. The zero-order valence-corrected chi connectivity index (χ0v) is 16.1. The van der Waals surface area contributed by atoms with Gasteiger partial charge in [-0.2, -0.15) is 0 Å². The summed E-state index contributed by atoms with van der Waals surface area (Å²) in [5.41, 5.74) is 6.70. The molecule has 0 saturated carbocycles. The lowest BCUT2D eigenvalue weighted by atomic mass is 9.92. The fraction of sp³-hybridized carbons (Fsp3) is 0.619. The maximum absolute atomic E-state index is 11.9. The number of aliphatic hydroxyl groups excluding tert-OH is 1. The summed E-state index contributed by atoms with van der Waals surface area (Å²) in [6.45, 7) is 2.80. The number of carbonyl (C=O) groups excluding carboxylic acids is 2. The predicted octanol–water partition coefficient (Wildman–Crippen LogP) is 3.30. The minimum absolute atomic E-state index is 0.215. The van der Waals surface area contributed by atoms with E-state index < -0.39 is 24.1 Å². The number of nitrogens with two attached hydrogens (primary N) is 1. The molecule has 0 saturated heterocycles. The highest BCUT2D eigenvalue weighted by Crippen LogP contribution is 2.16. The summed E-state index contributed by atoms with van der Waals surface area (Å²) in [4.78, 5) is 22.8. The molecule has 0 heterocycles. The minimum atomic E-state index is -1.55. The molecule has 1 aromatic rings. The third-order valence-electron chi connectivity index (χ3n) is 4.63. The second-order valence-corrected chi connectivity index (χ2v) is 7.03. The van der Waals surface area contributed by atoms with Crippen LogP contribution in [-0.4, -0.2) is 29.2 Å². The standard InChI is InChI=1S/C21H33NO4/c1-3-4-5-6-7-8-9-18-10-12-19(13-11-18)14-15-21(22,16-23)20(25)26-17(2)24/h10-13,23H,3-9,14-16,22H2,1-2H3. The molecule has 0 amide bonds. The molecule has 5 nitrogen and oxygen atoms in total. The summed E-state index contributed by atoms with van der Waals surface area (Å²) >= 11 is 0. The van der Waals surface area contributed by atoms with E-state index in [2.05, 4.69) is 23.8 Å². The number of carbonyl (C=O) groups is 2. The van der Waals surface area contributed by atoms with Gasteiger partial charge in [0, 0.05) is 6.92 Å². The van der Waals surface area contributed by atoms with Crippen LogP contribution in [0.25, 0.3) is 0 Å². The van der Waals surface area contributed by atoms with Crippen molar-refractivity contribution < 1.29 is 19.4 Å². The second kappa shape index (κ2) is 11.8. The first-order valence-electron chi connectivity index (χ1n) is 9.61. The first kappa shape index (κ1) is 22.3. The van der Waals surface area contributed by atoms with Crippen LogP contribution in [0.4, 0.5) is 0 Å². The molecule has 0 fully saturated rings. The van der Waals surface area contributed by atoms with E-state index in [9.17, 15) is 14.7 Å². The molecule has 0 aliphatic heterocycles. The van der Waals surface area contributed by atoms with Gasteiger partial charge in [-0.1, -0.05) is 63.3 Å². The molecule has 0 aliphatic carbocycles. The molecular weight excluding hydrogens is 330 g/mol. The molecule has 0 aromatic heterocycles. The molecule has 0 aliphatic rings. The van der Waals surface area contributed by atoms with E-state index in [1.165, 1.54) is 44.1 Å². The fourth-order valence-corrected chi connectivity index (χ4v) is 2.83. The zero-order chi connectivity index (χ0) is 19.4. The lowest BCUT2D eigenvalue weighted by Crippen LogP contribution is -2.53. The van der Waals surface area contributed by atoms with E-state index in [4.69, 9.17) is 5.73 Å². The van der Waals surface area contributed by atoms with Gasteiger partial charge >= 0.3 is 11.9 Å². The number of hydrogen-bond acceptors (Lipinski definition) is 5. The summed E-state index contributed by atoms with van der Waals surface area (Å²) in [7, 11) is 0. The Bertz CT molecular complexity index is 556. The van der Waals surface area contributed by atoms with Crippen LogP contribution in [-0.2, 0) is 27.2 Å². The van der Waals surface area contributed by atoms with Crippen molar-refractivity contribution in [3.05, 3.63) is 35.4 Å². The Morgan fingerprint density at radius 2 is 1.54 bits per heavy atom. The summed E-state index contributed by atoms with van der Waals surface area (Å²) < 4.78 is 4.53. The Labute approximate surface area is 156 Å². The van der Waals surface area contributed by atoms with Gasteiger partial charge in [0.05, 0.1) is 6.61 Å². The van der Waals surface area contributed by atoms with Gasteiger partial charge in [0.25, 0.3) is 0 Å². The maximum atomic E-state index is 11.9. The highest BCUT2D eigenvalue weighted by molar-refractivity contribution is 5.90. The van der Waals surface area contributed by atoms with Crippen molar-refractivity contribution in [3.8, 4) is 0 Å². The fourth-order valence-electron chi connectivity index (χ4n) is 2.83.